The van der Waals surface area contributed by atoms with E-state index in [0.717, 1.165) is 6.42 Å². The predicted molar refractivity (Wildman–Crippen MR) is 37.5 cm³/mol. The van der Waals surface area contributed by atoms with Crippen molar-refractivity contribution in [2.24, 2.45) is 0 Å². The molecule has 0 spiro atoms. The molecule has 0 rings (SSSR count). The summed E-state index contributed by atoms with van der Waals surface area (Å²) in [6, 6.07) is 0. The summed E-state index contributed by atoms with van der Waals surface area (Å²) in [5.41, 5.74) is 0. The Labute approximate surface area is 56.1 Å². The van der Waals surface area contributed by atoms with Crippen LogP contribution in [0.1, 0.15) is 19.8 Å². The first-order chi connectivity index (χ1) is 4.31. The van der Waals surface area contributed by atoms with E-state index in [2.05, 4.69) is 17.8 Å². The van der Waals surface area contributed by atoms with Gasteiger partial charge in [-0.3, -0.25) is 0 Å². The fraction of sp³-hybridized carbons (Fsp3) is 0.500. The van der Waals surface area contributed by atoms with Gasteiger partial charge in [0.15, 0.2) is 0 Å². The van der Waals surface area contributed by atoms with Gasteiger partial charge in [0, 0.05) is 12.8 Å². The van der Waals surface area contributed by atoms with E-state index in [1.165, 1.54) is 0 Å². The molecule has 0 saturated heterocycles. The minimum atomic E-state index is -0.630. The number of aliphatic hydroxyl groups is 1. The summed E-state index contributed by atoms with van der Waals surface area (Å²) >= 11 is 0. The van der Waals surface area contributed by atoms with Gasteiger partial charge in [0.25, 0.3) is 0 Å². The van der Waals surface area contributed by atoms with Gasteiger partial charge < -0.3 is 5.11 Å². The quantitative estimate of drug-likeness (QED) is 0.510. The first-order valence-corrected chi connectivity index (χ1v) is 2.91. The van der Waals surface area contributed by atoms with Crippen molar-refractivity contribution in [1.29, 1.82) is 0 Å². The smallest absolute Gasteiger partial charge is 0.125 e. The zero-order chi connectivity index (χ0) is 7.11. The molecule has 0 heterocycles. The number of hydrogen-bond donors (Lipinski definition) is 1. The summed E-state index contributed by atoms with van der Waals surface area (Å²) in [5, 5.41) is 8.86. The maximum absolute atomic E-state index is 8.86. The third-order valence-electron chi connectivity index (χ3n) is 0.757. The molecule has 0 aromatic rings. The van der Waals surface area contributed by atoms with Crippen LogP contribution in [0, 0.1) is 24.2 Å². The molecular formula is C8H10O. The zero-order valence-electron chi connectivity index (χ0n) is 5.52. The highest BCUT2D eigenvalue weighted by Crippen LogP contribution is 1.85. The number of hydrogen-bond acceptors (Lipinski definition) is 1. The Kier molecular flexibility index (Phi) is 4.69. The zero-order valence-corrected chi connectivity index (χ0v) is 5.52. The first-order valence-electron chi connectivity index (χ1n) is 2.91. The summed E-state index contributed by atoms with van der Waals surface area (Å²) in [6.07, 6.45) is 5.39. The van der Waals surface area contributed by atoms with E-state index in [-0.39, 0.29) is 0 Å². The minimum absolute atomic E-state index is 0.326. The Bertz CT molecular complexity index is 154. The van der Waals surface area contributed by atoms with Gasteiger partial charge in [-0.05, 0) is 0 Å². The molecule has 0 aliphatic heterocycles. The van der Waals surface area contributed by atoms with Crippen LogP contribution < -0.4 is 0 Å². The highest BCUT2D eigenvalue weighted by Gasteiger charge is 1.91. The molecule has 9 heavy (non-hydrogen) atoms. The second kappa shape index (κ2) is 5.22. The number of terminal acetylenes is 1. The molecule has 48 valence electrons. The van der Waals surface area contributed by atoms with Crippen molar-refractivity contribution in [3.05, 3.63) is 0 Å². The highest BCUT2D eigenvalue weighted by molar-refractivity contribution is 5.07. The predicted octanol–water partition coefficient (Wildman–Crippen LogP) is 0.784. The summed E-state index contributed by atoms with van der Waals surface area (Å²) in [7, 11) is 0. The lowest BCUT2D eigenvalue weighted by molar-refractivity contribution is 0.239. The lowest BCUT2D eigenvalue weighted by Crippen LogP contribution is -1.99. The van der Waals surface area contributed by atoms with Crippen molar-refractivity contribution < 1.29 is 5.11 Å². The fourth-order valence-corrected chi connectivity index (χ4v) is 0.383. The third kappa shape index (κ3) is 4.94. The molecule has 1 heteroatoms. The van der Waals surface area contributed by atoms with E-state index in [9.17, 15) is 0 Å². The molecule has 0 aromatic heterocycles. The number of rotatable bonds is 1. The molecule has 1 unspecified atom stereocenters. The molecule has 0 fully saturated rings. The molecule has 1 atom stereocenters. The van der Waals surface area contributed by atoms with E-state index in [4.69, 9.17) is 11.5 Å². The SMILES string of the molecule is C#CCC(O)C#CCC. The van der Waals surface area contributed by atoms with Gasteiger partial charge in [-0.25, -0.2) is 0 Å². The van der Waals surface area contributed by atoms with Crippen LogP contribution in [0.15, 0.2) is 0 Å². The van der Waals surface area contributed by atoms with Crippen LogP contribution in [-0.2, 0) is 0 Å². The Morgan fingerprint density at radius 3 is 2.78 bits per heavy atom. The summed E-state index contributed by atoms with van der Waals surface area (Å²) < 4.78 is 0. The van der Waals surface area contributed by atoms with Crippen molar-refractivity contribution in [2.75, 3.05) is 0 Å². The molecule has 0 aliphatic carbocycles. The molecule has 1 nitrogen and oxygen atoms in total. The first kappa shape index (κ1) is 8.08. The maximum Gasteiger partial charge on any atom is 0.125 e. The average Bonchev–Trinajstić information content (AvgIpc) is 1.85. The molecule has 0 amide bonds. The van der Waals surface area contributed by atoms with Gasteiger partial charge in [-0.15, -0.1) is 18.3 Å². The molecule has 0 saturated carbocycles. The van der Waals surface area contributed by atoms with Gasteiger partial charge in [-0.2, -0.15) is 0 Å². The summed E-state index contributed by atoms with van der Waals surface area (Å²) in [5.74, 6) is 7.66. The fourth-order valence-electron chi connectivity index (χ4n) is 0.383. The lowest BCUT2D eigenvalue weighted by atomic mass is 10.2. The van der Waals surface area contributed by atoms with Gasteiger partial charge in [0.2, 0.25) is 0 Å². The van der Waals surface area contributed by atoms with Crippen LogP contribution in [0.25, 0.3) is 0 Å². The van der Waals surface area contributed by atoms with Crippen molar-refractivity contribution in [3.8, 4) is 24.2 Å². The molecule has 0 radical (unpaired) electrons. The van der Waals surface area contributed by atoms with Gasteiger partial charge in [-0.1, -0.05) is 12.8 Å². The summed E-state index contributed by atoms with van der Waals surface area (Å²) in [4.78, 5) is 0. The van der Waals surface area contributed by atoms with Crippen LogP contribution in [0.5, 0.6) is 0 Å². The highest BCUT2D eigenvalue weighted by atomic mass is 16.3. The Balaban J connectivity index is 3.51. The monoisotopic (exact) mass is 122 g/mol. The largest absolute Gasteiger partial charge is 0.379 e. The second-order valence-corrected chi connectivity index (χ2v) is 1.60. The van der Waals surface area contributed by atoms with Gasteiger partial charge in [0.1, 0.15) is 6.10 Å². The van der Waals surface area contributed by atoms with Crippen molar-refractivity contribution in [2.45, 2.75) is 25.9 Å². The van der Waals surface area contributed by atoms with Crippen LogP contribution in [-0.4, -0.2) is 11.2 Å². The standard InChI is InChI=1S/C8H10O/c1-3-5-7-8(9)6-4-2/h2,8-9H,3,6H2,1H3. The Hall–Kier alpha value is -0.920. The van der Waals surface area contributed by atoms with E-state index in [1.54, 1.807) is 0 Å². The van der Waals surface area contributed by atoms with E-state index < -0.39 is 6.10 Å². The Morgan fingerprint density at radius 2 is 2.33 bits per heavy atom. The van der Waals surface area contributed by atoms with E-state index in [0.29, 0.717) is 6.42 Å². The van der Waals surface area contributed by atoms with E-state index in [1.807, 2.05) is 6.92 Å². The topological polar surface area (TPSA) is 20.2 Å². The van der Waals surface area contributed by atoms with E-state index >= 15 is 0 Å². The number of aliphatic hydroxyl groups excluding tert-OH is 1. The molecule has 0 bridgehead atoms. The Morgan fingerprint density at radius 1 is 1.67 bits per heavy atom. The maximum atomic E-state index is 8.86. The molecule has 0 aromatic carbocycles. The third-order valence-corrected chi connectivity index (χ3v) is 0.757. The normalized spacial score (nSPS) is 10.8. The molecule has 1 N–H and O–H groups in total. The van der Waals surface area contributed by atoms with Crippen molar-refractivity contribution in [3.63, 3.8) is 0 Å². The lowest BCUT2D eigenvalue weighted by Gasteiger charge is -1.92. The van der Waals surface area contributed by atoms with Crippen molar-refractivity contribution in [1.82, 2.24) is 0 Å². The minimum Gasteiger partial charge on any atom is -0.379 e. The molecular weight excluding hydrogens is 112 g/mol. The second-order valence-electron chi connectivity index (χ2n) is 1.60. The van der Waals surface area contributed by atoms with Gasteiger partial charge in [0.05, 0.1) is 0 Å². The van der Waals surface area contributed by atoms with Crippen LogP contribution in [0.2, 0.25) is 0 Å². The van der Waals surface area contributed by atoms with Crippen molar-refractivity contribution >= 4 is 0 Å². The van der Waals surface area contributed by atoms with Crippen LogP contribution in [0.3, 0.4) is 0 Å². The summed E-state index contributed by atoms with van der Waals surface area (Å²) in [6.45, 7) is 1.93. The van der Waals surface area contributed by atoms with Crippen LogP contribution in [0.4, 0.5) is 0 Å². The van der Waals surface area contributed by atoms with Gasteiger partial charge >= 0.3 is 0 Å². The molecule has 0 aliphatic rings. The average molecular weight is 122 g/mol. The van der Waals surface area contributed by atoms with Crippen LogP contribution >= 0.6 is 0 Å².